The van der Waals surface area contributed by atoms with E-state index in [1.54, 1.807) is 0 Å². The van der Waals surface area contributed by atoms with Crippen molar-refractivity contribution >= 4 is 28.3 Å². The number of hydrogen-bond donors (Lipinski definition) is 1. The second-order valence-corrected chi connectivity index (χ2v) is 4.74. The molecule has 2 N–H and O–H groups in total. The molecule has 0 amide bonds. The molecule has 0 saturated heterocycles. The van der Waals surface area contributed by atoms with Gasteiger partial charge in [-0.05, 0) is 59.3 Å². The highest BCUT2D eigenvalue weighted by atomic mass is 127. The maximum atomic E-state index is 5.89. The summed E-state index contributed by atoms with van der Waals surface area (Å²) in [5, 5.41) is 0. The lowest BCUT2D eigenvalue weighted by Gasteiger charge is -2.10. The first kappa shape index (κ1) is 11.3. The molecule has 3 heteroatoms. The molecule has 0 bridgehead atoms. The van der Waals surface area contributed by atoms with Gasteiger partial charge in [-0.25, -0.2) is 0 Å². The third-order valence-corrected chi connectivity index (χ3v) is 3.11. The summed E-state index contributed by atoms with van der Waals surface area (Å²) in [4.78, 5) is 0. The van der Waals surface area contributed by atoms with Gasteiger partial charge in [0.2, 0.25) is 0 Å². The minimum atomic E-state index is 0.666. The average Bonchev–Trinajstić information content (AvgIpc) is 2.25. The maximum Gasteiger partial charge on any atom is 0.150 e. The SMILES string of the molecule is Cc1ccc(Oc2ccccc2I)c(N)c1. The Balaban J connectivity index is 2.31. The second-order valence-electron chi connectivity index (χ2n) is 3.57. The average molecular weight is 325 g/mol. The third kappa shape index (κ3) is 2.47. The predicted octanol–water partition coefficient (Wildman–Crippen LogP) is 3.97. The van der Waals surface area contributed by atoms with Crippen LogP contribution in [-0.2, 0) is 0 Å². The molecule has 2 nitrogen and oxygen atoms in total. The van der Waals surface area contributed by atoms with Crippen LogP contribution in [0.4, 0.5) is 5.69 Å². The number of aryl methyl sites for hydroxylation is 1. The molecule has 82 valence electrons. The third-order valence-electron chi connectivity index (χ3n) is 2.22. The van der Waals surface area contributed by atoms with E-state index in [0.717, 1.165) is 14.9 Å². The fourth-order valence-electron chi connectivity index (χ4n) is 1.41. The lowest BCUT2D eigenvalue weighted by molar-refractivity contribution is 0.481. The van der Waals surface area contributed by atoms with Crippen LogP contribution in [0.2, 0.25) is 0 Å². The Bertz CT molecular complexity index is 511. The molecule has 2 aromatic rings. The molecule has 0 heterocycles. The normalized spacial score (nSPS) is 10.1. The van der Waals surface area contributed by atoms with Gasteiger partial charge in [-0.15, -0.1) is 0 Å². The quantitative estimate of drug-likeness (QED) is 0.670. The number of halogens is 1. The minimum Gasteiger partial charge on any atom is -0.454 e. The fourth-order valence-corrected chi connectivity index (χ4v) is 1.90. The summed E-state index contributed by atoms with van der Waals surface area (Å²) in [6, 6.07) is 13.6. The van der Waals surface area contributed by atoms with Crippen LogP contribution < -0.4 is 10.5 Å². The molecule has 0 fully saturated rings. The molecule has 0 aliphatic heterocycles. The maximum absolute atomic E-state index is 5.89. The van der Waals surface area contributed by atoms with Crippen molar-refractivity contribution in [1.82, 2.24) is 0 Å². The van der Waals surface area contributed by atoms with Gasteiger partial charge in [-0.1, -0.05) is 18.2 Å². The van der Waals surface area contributed by atoms with Crippen molar-refractivity contribution < 1.29 is 4.74 Å². The van der Waals surface area contributed by atoms with E-state index in [1.807, 2.05) is 49.4 Å². The topological polar surface area (TPSA) is 35.2 Å². The van der Waals surface area contributed by atoms with Gasteiger partial charge in [0.25, 0.3) is 0 Å². The van der Waals surface area contributed by atoms with Crippen LogP contribution in [0.5, 0.6) is 11.5 Å². The molecule has 16 heavy (non-hydrogen) atoms. The highest BCUT2D eigenvalue weighted by Gasteiger charge is 2.04. The zero-order valence-electron chi connectivity index (χ0n) is 8.91. The van der Waals surface area contributed by atoms with Gasteiger partial charge < -0.3 is 10.5 Å². The van der Waals surface area contributed by atoms with Crippen molar-refractivity contribution in [3.8, 4) is 11.5 Å². The van der Waals surface area contributed by atoms with Crippen LogP contribution in [0.25, 0.3) is 0 Å². The number of nitrogens with two attached hydrogens (primary N) is 1. The van der Waals surface area contributed by atoms with E-state index in [9.17, 15) is 0 Å². The van der Waals surface area contributed by atoms with Gasteiger partial charge in [0, 0.05) is 0 Å². The van der Waals surface area contributed by atoms with E-state index in [2.05, 4.69) is 22.6 Å². The van der Waals surface area contributed by atoms with Crippen molar-refractivity contribution in [2.45, 2.75) is 6.92 Å². The smallest absolute Gasteiger partial charge is 0.150 e. The van der Waals surface area contributed by atoms with Gasteiger partial charge in [-0.2, -0.15) is 0 Å². The summed E-state index contributed by atoms with van der Waals surface area (Å²) in [5.41, 5.74) is 7.69. The van der Waals surface area contributed by atoms with E-state index in [1.165, 1.54) is 0 Å². The van der Waals surface area contributed by atoms with Crippen molar-refractivity contribution in [3.63, 3.8) is 0 Å². The molecule has 0 unspecified atom stereocenters. The van der Waals surface area contributed by atoms with Crippen LogP contribution in [0.15, 0.2) is 42.5 Å². The van der Waals surface area contributed by atoms with Gasteiger partial charge in [0.05, 0.1) is 9.26 Å². The summed E-state index contributed by atoms with van der Waals surface area (Å²) >= 11 is 2.24. The number of benzene rings is 2. The molecule has 0 aromatic heterocycles. The van der Waals surface area contributed by atoms with Crippen molar-refractivity contribution in [1.29, 1.82) is 0 Å². The molecule has 0 atom stereocenters. The lowest BCUT2D eigenvalue weighted by atomic mass is 10.2. The van der Waals surface area contributed by atoms with E-state index in [4.69, 9.17) is 10.5 Å². The Morgan fingerprint density at radius 2 is 1.81 bits per heavy atom. The molecular formula is C13H12INO. The van der Waals surface area contributed by atoms with Gasteiger partial charge >= 0.3 is 0 Å². The molecule has 0 saturated carbocycles. The first-order valence-electron chi connectivity index (χ1n) is 4.95. The Morgan fingerprint density at radius 1 is 1.06 bits per heavy atom. The summed E-state index contributed by atoms with van der Waals surface area (Å²) < 4.78 is 6.83. The lowest BCUT2D eigenvalue weighted by Crippen LogP contribution is -1.93. The first-order chi connectivity index (χ1) is 7.66. The molecule has 0 aliphatic carbocycles. The standard InChI is InChI=1S/C13H12INO/c1-9-6-7-13(11(15)8-9)16-12-5-3-2-4-10(12)14/h2-8H,15H2,1H3. The number of anilines is 1. The molecule has 0 radical (unpaired) electrons. The monoisotopic (exact) mass is 325 g/mol. The van der Waals surface area contributed by atoms with Gasteiger partial charge in [0.15, 0.2) is 0 Å². The molecule has 0 aliphatic rings. The first-order valence-corrected chi connectivity index (χ1v) is 6.03. The Hall–Kier alpha value is -1.23. The molecule has 0 spiro atoms. The van der Waals surface area contributed by atoms with E-state index >= 15 is 0 Å². The summed E-state index contributed by atoms with van der Waals surface area (Å²) in [6.07, 6.45) is 0. The van der Waals surface area contributed by atoms with Gasteiger partial charge in [0.1, 0.15) is 11.5 Å². The summed E-state index contributed by atoms with van der Waals surface area (Å²) in [7, 11) is 0. The number of para-hydroxylation sites is 1. The molecule has 2 aromatic carbocycles. The fraction of sp³-hybridized carbons (Fsp3) is 0.0769. The van der Waals surface area contributed by atoms with Crippen molar-refractivity contribution in [3.05, 3.63) is 51.6 Å². The Morgan fingerprint density at radius 3 is 2.50 bits per heavy atom. The van der Waals surface area contributed by atoms with E-state index in [0.29, 0.717) is 11.4 Å². The van der Waals surface area contributed by atoms with E-state index < -0.39 is 0 Å². The number of hydrogen-bond acceptors (Lipinski definition) is 2. The van der Waals surface area contributed by atoms with Crippen LogP contribution in [-0.4, -0.2) is 0 Å². The highest BCUT2D eigenvalue weighted by Crippen LogP contribution is 2.30. The molecular weight excluding hydrogens is 313 g/mol. The van der Waals surface area contributed by atoms with Crippen LogP contribution in [0.3, 0.4) is 0 Å². The Kier molecular flexibility index (Phi) is 3.33. The highest BCUT2D eigenvalue weighted by molar-refractivity contribution is 14.1. The van der Waals surface area contributed by atoms with Crippen molar-refractivity contribution in [2.24, 2.45) is 0 Å². The van der Waals surface area contributed by atoms with E-state index in [-0.39, 0.29) is 0 Å². The predicted molar refractivity (Wildman–Crippen MR) is 74.8 cm³/mol. The summed E-state index contributed by atoms with van der Waals surface area (Å²) in [6.45, 7) is 2.01. The zero-order valence-corrected chi connectivity index (χ0v) is 11.1. The number of ether oxygens (including phenoxy) is 1. The van der Waals surface area contributed by atoms with Gasteiger partial charge in [-0.3, -0.25) is 0 Å². The molecule has 2 rings (SSSR count). The van der Waals surface area contributed by atoms with Crippen LogP contribution in [0, 0.1) is 10.5 Å². The van der Waals surface area contributed by atoms with Crippen LogP contribution in [0.1, 0.15) is 5.56 Å². The zero-order chi connectivity index (χ0) is 11.5. The van der Waals surface area contributed by atoms with Crippen LogP contribution >= 0.6 is 22.6 Å². The largest absolute Gasteiger partial charge is 0.454 e. The summed E-state index contributed by atoms with van der Waals surface area (Å²) in [5.74, 6) is 1.54. The second kappa shape index (κ2) is 4.74. The number of nitrogen functional groups attached to an aromatic ring is 1. The minimum absolute atomic E-state index is 0.666. The van der Waals surface area contributed by atoms with Crippen molar-refractivity contribution in [2.75, 3.05) is 5.73 Å². The Labute approximate surface area is 109 Å². The number of rotatable bonds is 2.